The number of benzene rings is 4. The van der Waals surface area contributed by atoms with Crippen LogP contribution in [0.5, 0.6) is 5.75 Å². The van der Waals surface area contributed by atoms with Gasteiger partial charge in [-0.25, -0.2) is 0 Å². The standard InChI is InChI=1S/C30H30NO2PSe/c1-2-23-31(34(32,28-17-9-4-10-18-28)29-19-11-5-12-20-29)26(24-33-27-15-7-3-8-16-27)25-35-30-21-13-6-14-22-30/h2-22,26H,1,23-25H2. The molecule has 0 aromatic heterocycles. The Hall–Kier alpha value is -2.87. The molecule has 4 aromatic rings. The summed E-state index contributed by atoms with van der Waals surface area (Å²) >= 11 is 0.198. The first-order chi connectivity index (χ1) is 17.2. The molecule has 5 heteroatoms. The fourth-order valence-electron chi connectivity index (χ4n) is 3.97. The van der Waals surface area contributed by atoms with E-state index in [1.165, 1.54) is 4.46 Å². The van der Waals surface area contributed by atoms with Crippen LogP contribution in [0.4, 0.5) is 0 Å². The molecule has 0 radical (unpaired) electrons. The van der Waals surface area contributed by atoms with E-state index in [0.717, 1.165) is 21.7 Å². The van der Waals surface area contributed by atoms with Crippen LogP contribution in [-0.4, -0.2) is 38.8 Å². The molecular formula is C30H30NO2PSe. The van der Waals surface area contributed by atoms with Gasteiger partial charge in [0.25, 0.3) is 0 Å². The van der Waals surface area contributed by atoms with Gasteiger partial charge >= 0.3 is 216 Å². The number of nitrogens with zero attached hydrogens (tertiary/aromatic N) is 1. The van der Waals surface area contributed by atoms with Crippen LogP contribution in [0, 0.1) is 0 Å². The van der Waals surface area contributed by atoms with E-state index in [2.05, 4.69) is 35.5 Å². The minimum absolute atomic E-state index is 0.0698. The summed E-state index contributed by atoms with van der Waals surface area (Å²) in [6.07, 6.45) is 1.85. The molecule has 0 saturated carbocycles. The molecule has 3 nitrogen and oxygen atoms in total. The van der Waals surface area contributed by atoms with Gasteiger partial charge in [0.2, 0.25) is 0 Å². The van der Waals surface area contributed by atoms with Gasteiger partial charge in [0.05, 0.1) is 0 Å². The van der Waals surface area contributed by atoms with Crippen LogP contribution >= 0.6 is 7.29 Å². The van der Waals surface area contributed by atoms with Gasteiger partial charge in [-0.1, -0.05) is 0 Å². The first kappa shape index (κ1) is 25.2. The molecule has 0 bridgehead atoms. The number of hydrogen-bond donors (Lipinski definition) is 0. The summed E-state index contributed by atoms with van der Waals surface area (Å²) in [5.74, 6) is 0.817. The van der Waals surface area contributed by atoms with Gasteiger partial charge in [-0.2, -0.15) is 0 Å². The Balaban J connectivity index is 1.74. The van der Waals surface area contributed by atoms with E-state index in [0.29, 0.717) is 13.2 Å². The molecule has 0 N–H and O–H groups in total. The van der Waals surface area contributed by atoms with Crippen molar-refractivity contribution in [2.45, 2.75) is 11.4 Å². The number of rotatable bonds is 12. The predicted octanol–water partition coefficient (Wildman–Crippen LogP) is 5.30. The molecule has 1 atom stereocenters. The second-order valence-electron chi connectivity index (χ2n) is 8.06. The molecular weight excluding hydrogens is 516 g/mol. The molecule has 0 amide bonds. The van der Waals surface area contributed by atoms with Gasteiger partial charge in [0.1, 0.15) is 0 Å². The van der Waals surface area contributed by atoms with Crippen LogP contribution in [0.1, 0.15) is 0 Å². The second-order valence-corrected chi connectivity index (χ2v) is 13.1. The van der Waals surface area contributed by atoms with Crippen molar-refractivity contribution in [3.05, 3.63) is 134 Å². The van der Waals surface area contributed by atoms with Crippen molar-refractivity contribution < 1.29 is 9.30 Å². The van der Waals surface area contributed by atoms with Crippen molar-refractivity contribution in [2.24, 2.45) is 0 Å². The van der Waals surface area contributed by atoms with E-state index in [-0.39, 0.29) is 21.0 Å². The Morgan fingerprint density at radius 3 is 1.77 bits per heavy atom. The Morgan fingerprint density at radius 1 is 0.771 bits per heavy atom. The van der Waals surface area contributed by atoms with Crippen LogP contribution in [-0.2, 0) is 4.57 Å². The van der Waals surface area contributed by atoms with E-state index in [1.54, 1.807) is 0 Å². The van der Waals surface area contributed by atoms with Crippen molar-refractivity contribution in [3.8, 4) is 5.75 Å². The quantitative estimate of drug-likeness (QED) is 0.137. The van der Waals surface area contributed by atoms with Crippen LogP contribution in [0.2, 0.25) is 5.32 Å². The monoisotopic (exact) mass is 547 g/mol. The fraction of sp³-hybridized carbons (Fsp3) is 0.133. The topological polar surface area (TPSA) is 29.5 Å². The predicted molar refractivity (Wildman–Crippen MR) is 149 cm³/mol. The van der Waals surface area contributed by atoms with E-state index in [1.807, 2.05) is 103 Å². The molecule has 0 fully saturated rings. The number of hydrogen-bond acceptors (Lipinski definition) is 2. The van der Waals surface area contributed by atoms with E-state index >= 15 is 4.57 Å². The van der Waals surface area contributed by atoms with E-state index < -0.39 is 7.29 Å². The van der Waals surface area contributed by atoms with Crippen molar-refractivity contribution in [1.29, 1.82) is 0 Å². The third-order valence-electron chi connectivity index (χ3n) is 5.68. The fourth-order valence-corrected chi connectivity index (χ4v) is 9.34. The van der Waals surface area contributed by atoms with Crippen LogP contribution in [0.25, 0.3) is 0 Å². The first-order valence-corrected chi connectivity index (χ1v) is 15.4. The molecule has 0 spiro atoms. The molecule has 0 saturated heterocycles. The average Bonchev–Trinajstić information content (AvgIpc) is 2.94. The minimum atomic E-state index is -3.16. The maximum atomic E-state index is 15.2. The summed E-state index contributed by atoms with van der Waals surface area (Å²) in [5.41, 5.74) is 0. The van der Waals surface area contributed by atoms with E-state index in [9.17, 15) is 0 Å². The van der Waals surface area contributed by atoms with Crippen molar-refractivity contribution in [3.63, 3.8) is 0 Å². The molecule has 0 aliphatic carbocycles. The molecule has 0 heterocycles. The van der Waals surface area contributed by atoms with Crippen molar-refractivity contribution in [2.75, 3.05) is 13.2 Å². The third kappa shape index (κ3) is 6.42. The van der Waals surface area contributed by atoms with Crippen LogP contribution in [0.3, 0.4) is 0 Å². The Labute approximate surface area is 215 Å². The molecule has 1 unspecified atom stereocenters. The van der Waals surface area contributed by atoms with Crippen molar-refractivity contribution in [1.82, 2.24) is 4.67 Å². The normalized spacial score (nSPS) is 12.3. The number of ether oxygens (including phenoxy) is 1. The SMILES string of the molecule is C=CCN(C(COc1ccccc1)C[Se]c1ccccc1)P(=O)(c1ccccc1)c1ccccc1. The van der Waals surface area contributed by atoms with Gasteiger partial charge in [-0.05, 0) is 0 Å². The molecule has 178 valence electrons. The summed E-state index contributed by atoms with van der Waals surface area (Å²) in [4.78, 5) is 0. The van der Waals surface area contributed by atoms with Crippen LogP contribution < -0.4 is 19.8 Å². The number of para-hydroxylation sites is 1. The summed E-state index contributed by atoms with van der Waals surface area (Å²) in [6.45, 7) is 4.96. The van der Waals surface area contributed by atoms with Gasteiger partial charge in [-0.3, -0.25) is 0 Å². The zero-order chi connectivity index (χ0) is 24.3. The molecule has 4 rings (SSSR count). The zero-order valence-electron chi connectivity index (χ0n) is 19.6. The van der Waals surface area contributed by atoms with Gasteiger partial charge in [-0.15, -0.1) is 0 Å². The summed E-state index contributed by atoms with van der Waals surface area (Å²) in [7, 11) is -3.16. The first-order valence-electron chi connectivity index (χ1n) is 11.7. The molecule has 0 aliphatic heterocycles. The van der Waals surface area contributed by atoms with Gasteiger partial charge < -0.3 is 0 Å². The Kier molecular flexibility index (Phi) is 9.17. The van der Waals surface area contributed by atoms with Crippen LogP contribution in [0.15, 0.2) is 134 Å². The summed E-state index contributed by atoms with van der Waals surface area (Å²) < 4.78 is 24.9. The average molecular weight is 547 g/mol. The molecule has 35 heavy (non-hydrogen) atoms. The third-order valence-corrected chi connectivity index (χ3v) is 11.3. The second kappa shape index (κ2) is 12.7. The molecule has 0 aliphatic rings. The van der Waals surface area contributed by atoms with E-state index in [4.69, 9.17) is 4.74 Å². The molecule has 4 aromatic carbocycles. The Morgan fingerprint density at radius 2 is 1.26 bits per heavy atom. The maximum absolute atomic E-state index is 15.2. The van der Waals surface area contributed by atoms with Crippen molar-refractivity contribution >= 4 is 37.3 Å². The Bertz CT molecular complexity index is 1130. The zero-order valence-corrected chi connectivity index (χ0v) is 22.3. The van der Waals surface area contributed by atoms with Gasteiger partial charge in [0, 0.05) is 0 Å². The summed E-state index contributed by atoms with van der Waals surface area (Å²) in [5, 5.41) is 2.51. The van der Waals surface area contributed by atoms with Gasteiger partial charge in [0.15, 0.2) is 0 Å². The summed E-state index contributed by atoms with van der Waals surface area (Å²) in [6, 6.07) is 40.0.